The summed E-state index contributed by atoms with van der Waals surface area (Å²) in [4.78, 5) is 5.17. The van der Waals surface area contributed by atoms with Gasteiger partial charge in [-0.05, 0) is 97.0 Å². The van der Waals surface area contributed by atoms with Crippen LogP contribution in [0.25, 0.3) is 0 Å². The normalized spacial score (nSPS) is 14.7. The summed E-state index contributed by atoms with van der Waals surface area (Å²) in [5.41, 5.74) is 14.5. The van der Waals surface area contributed by atoms with Crippen molar-refractivity contribution in [3.63, 3.8) is 0 Å². The summed E-state index contributed by atoms with van der Waals surface area (Å²) in [6.07, 6.45) is 0. The highest BCUT2D eigenvalue weighted by Crippen LogP contribution is 2.46. The fourth-order valence-electron chi connectivity index (χ4n) is 9.35. The van der Waals surface area contributed by atoms with E-state index in [-0.39, 0.29) is 12.1 Å². The minimum absolute atomic E-state index is 0.0188. The van der Waals surface area contributed by atoms with Crippen molar-refractivity contribution in [1.82, 2.24) is 0 Å². The predicted molar refractivity (Wildman–Crippen MR) is 221 cm³/mol. The van der Waals surface area contributed by atoms with E-state index < -0.39 is 8.07 Å². The molecule has 0 N–H and O–H groups in total. The highest BCUT2D eigenvalue weighted by Gasteiger charge is 2.53. The van der Waals surface area contributed by atoms with Crippen LogP contribution in [-0.4, -0.2) is 14.8 Å². The summed E-state index contributed by atoms with van der Waals surface area (Å²) in [7, 11) is -2.75. The average Bonchev–Trinajstić information content (AvgIpc) is 3.16. The zero-order chi connectivity index (χ0) is 34.5. The van der Waals surface area contributed by atoms with E-state index in [1.807, 2.05) is 0 Å². The van der Waals surface area contributed by atoms with Gasteiger partial charge in [0.05, 0.1) is 0 Å². The van der Waals surface area contributed by atoms with E-state index in [4.69, 9.17) is 0 Å². The molecule has 0 saturated heterocycles. The highest BCUT2D eigenvalue weighted by molar-refractivity contribution is 7.22. The molecular formula is C47H39BN2Si. The molecule has 0 unspecified atom stereocenters. The summed E-state index contributed by atoms with van der Waals surface area (Å²) in [6.45, 7) is 9.32. The zero-order valence-corrected chi connectivity index (χ0v) is 30.6. The van der Waals surface area contributed by atoms with E-state index in [9.17, 15) is 0 Å². The van der Waals surface area contributed by atoms with Crippen molar-refractivity contribution in [2.24, 2.45) is 0 Å². The first-order valence-corrected chi connectivity index (χ1v) is 20.2. The molecule has 244 valence electrons. The lowest BCUT2D eigenvalue weighted by Crippen LogP contribution is -2.79. The minimum Gasteiger partial charge on any atom is -0.312 e. The van der Waals surface area contributed by atoms with Crippen molar-refractivity contribution >= 4 is 86.0 Å². The molecule has 7 aromatic rings. The molecule has 7 aromatic carbocycles. The molecule has 0 saturated carbocycles. The largest absolute Gasteiger partial charge is 0.312 e. The first-order valence-electron chi connectivity index (χ1n) is 18.2. The van der Waals surface area contributed by atoms with Gasteiger partial charge in [-0.15, -0.1) is 0 Å². The molecule has 51 heavy (non-hydrogen) atoms. The number of rotatable bonds is 3. The Bertz CT molecular complexity index is 2450. The highest BCUT2D eigenvalue weighted by atomic mass is 28.3. The van der Waals surface area contributed by atoms with Crippen LogP contribution in [0.2, 0.25) is 0 Å². The van der Waals surface area contributed by atoms with Crippen molar-refractivity contribution in [2.75, 3.05) is 9.80 Å². The predicted octanol–water partition coefficient (Wildman–Crippen LogP) is 7.07. The van der Waals surface area contributed by atoms with Gasteiger partial charge in [0.2, 0.25) is 0 Å². The van der Waals surface area contributed by atoms with Crippen LogP contribution in [-0.2, 0) is 5.41 Å². The molecule has 0 radical (unpaired) electrons. The van der Waals surface area contributed by atoms with E-state index in [1.165, 1.54) is 82.4 Å². The Kier molecular flexibility index (Phi) is 6.50. The molecule has 0 aromatic heterocycles. The van der Waals surface area contributed by atoms with Crippen molar-refractivity contribution in [3.05, 3.63) is 175 Å². The van der Waals surface area contributed by atoms with Crippen molar-refractivity contribution in [1.29, 1.82) is 0 Å². The van der Waals surface area contributed by atoms with Crippen LogP contribution in [0.1, 0.15) is 31.9 Å². The van der Waals surface area contributed by atoms with Gasteiger partial charge in [0.1, 0.15) is 0 Å². The smallest absolute Gasteiger partial charge is 0.252 e. The molecule has 0 atom stereocenters. The number of hydrogen-bond acceptors (Lipinski definition) is 2. The van der Waals surface area contributed by atoms with E-state index in [2.05, 4.69) is 201 Å². The number of anilines is 6. The first-order chi connectivity index (χ1) is 24.9. The van der Waals surface area contributed by atoms with Gasteiger partial charge < -0.3 is 9.80 Å². The van der Waals surface area contributed by atoms with Gasteiger partial charge in [-0.25, -0.2) is 0 Å². The van der Waals surface area contributed by atoms with E-state index >= 15 is 0 Å². The van der Waals surface area contributed by atoms with Gasteiger partial charge in [-0.3, -0.25) is 0 Å². The standard InChI is InChI=1S/C47H39BN2Si/c1-32-29-41-45-42(30-32)50-39-24-14-15-25-43(39)51(35-19-10-6-11-20-35,36-21-12-7-13-22-36)44-26-16-23-38(46(44)50)48(45)37-28-27-33(47(2,3)4)31-40(37)49(41)34-17-8-5-9-18-34/h5-31H,1-4H3. The summed E-state index contributed by atoms with van der Waals surface area (Å²) < 4.78 is 0. The maximum absolute atomic E-state index is 2.75. The first kappa shape index (κ1) is 30.3. The number of benzene rings is 7. The quantitative estimate of drug-likeness (QED) is 0.186. The van der Waals surface area contributed by atoms with E-state index in [0.717, 1.165) is 0 Å². The maximum Gasteiger partial charge on any atom is 0.252 e. The molecule has 0 fully saturated rings. The fourth-order valence-corrected chi connectivity index (χ4v) is 14.5. The van der Waals surface area contributed by atoms with Crippen molar-refractivity contribution in [2.45, 2.75) is 33.1 Å². The zero-order valence-electron chi connectivity index (χ0n) is 29.6. The number of para-hydroxylation sites is 3. The third kappa shape index (κ3) is 4.17. The fraction of sp³-hybridized carbons (Fsp3) is 0.106. The van der Waals surface area contributed by atoms with Gasteiger partial charge in [0.15, 0.2) is 8.07 Å². The molecular weight excluding hydrogens is 631 g/mol. The molecule has 0 spiro atoms. The van der Waals surface area contributed by atoms with Crippen LogP contribution in [0.3, 0.4) is 0 Å². The second kappa shape index (κ2) is 11.0. The Morgan fingerprint density at radius 1 is 0.490 bits per heavy atom. The minimum atomic E-state index is -2.75. The van der Waals surface area contributed by atoms with Gasteiger partial charge in [-0.1, -0.05) is 148 Å². The van der Waals surface area contributed by atoms with Crippen LogP contribution in [0.4, 0.5) is 34.1 Å². The molecule has 10 rings (SSSR count). The summed E-state index contributed by atoms with van der Waals surface area (Å²) in [6, 6.07) is 62.4. The number of nitrogens with zero attached hydrogens (tertiary/aromatic N) is 2. The monoisotopic (exact) mass is 670 g/mol. The summed E-state index contributed by atoms with van der Waals surface area (Å²) in [5.74, 6) is 0. The third-order valence-electron chi connectivity index (χ3n) is 11.5. The van der Waals surface area contributed by atoms with Gasteiger partial charge in [0.25, 0.3) is 6.71 Å². The van der Waals surface area contributed by atoms with Gasteiger partial charge in [0, 0.05) is 34.1 Å². The van der Waals surface area contributed by atoms with Gasteiger partial charge >= 0.3 is 0 Å². The lowest BCUT2D eigenvalue weighted by Gasteiger charge is -2.51. The van der Waals surface area contributed by atoms with E-state index in [1.54, 1.807) is 0 Å². The van der Waals surface area contributed by atoms with E-state index in [0.29, 0.717) is 0 Å². The summed E-state index contributed by atoms with van der Waals surface area (Å²) in [5, 5.41) is 5.73. The molecule has 3 aliphatic rings. The number of fused-ring (bicyclic) bond motifs is 6. The Labute approximate surface area is 302 Å². The molecule has 3 aliphatic heterocycles. The Balaban J connectivity index is 1.36. The van der Waals surface area contributed by atoms with Crippen LogP contribution < -0.4 is 46.9 Å². The topological polar surface area (TPSA) is 6.48 Å². The molecule has 3 heterocycles. The molecule has 0 aliphatic carbocycles. The third-order valence-corrected chi connectivity index (χ3v) is 16.3. The van der Waals surface area contributed by atoms with Crippen molar-refractivity contribution < 1.29 is 0 Å². The van der Waals surface area contributed by atoms with Gasteiger partial charge in [-0.2, -0.15) is 0 Å². The Morgan fingerprint density at radius 2 is 1.08 bits per heavy atom. The van der Waals surface area contributed by atoms with Crippen LogP contribution in [0, 0.1) is 6.92 Å². The van der Waals surface area contributed by atoms with Crippen LogP contribution in [0.5, 0.6) is 0 Å². The molecule has 0 bridgehead atoms. The lowest BCUT2D eigenvalue weighted by molar-refractivity contribution is 0.590. The maximum atomic E-state index is 2.64. The van der Waals surface area contributed by atoms with Crippen LogP contribution in [0.15, 0.2) is 164 Å². The Hall–Kier alpha value is -5.58. The van der Waals surface area contributed by atoms with Crippen LogP contribution >= 0.6 is 0 Å². The second-order valence-corrected chi connectivity index (χ2v) is 19.2. The molecule has 4 heteroatoms. The lowest BCUT2D eigenvalue weighted by atomic mass is 9.33. The number of hydrogen-bond donors (Lipinski definition) is 0. The molecule has 0 amide bonds. The average molecular weight is 671 g/mol. The molecule has 2 nitrogen and oxygen atoms in total. The Morgan fingerprint density at radius 3 is 1.75 bits per heavy atom. The SMILES string of the molecule is Cc1cc2c3c(c1)N1c4ccccc4[Si](c4ccccc4)(c4ccccc4)c4cccc(c41)B3c1ccc(C(C)(C)C)cc1N2c1ccccc1. The van der Waals surface area contributed by atoms with Crippen molar-refractivity contribution in [3.8, 4) is 0 Å². The second-order valence-electron chi connectivity index (χ2n) is 15.4. The summed E-state index contributed by atoms with van der Waals surface area (Å²) >= 11 is 0. The number of aryl methyl sites for hydroxylation is 1.